The maximum absolute atomic E-state index is 12.9. The third-order valence-corrected chi connectivity index (χ3v) is 4.15. The second-order valence-electron chi connectivity index (χ2n) is 5.16. The summed E-state index contributed by atoms with van der Waals surface area (Å²) in [4.78, 5) is 6.12. The van der Waals surface area contributed by atoms with Gasteiger partial charge in [0, 0.05) is 13.1 Å². The molecule has 5 nitrogen and oxygen atoms in total. The van der Waals surface area contributed by atoms with Crippen molar-refractivity contribution in [2.75, 3.05) is 13.1 Å². The Morgan fingerprint density at radius 1 is 1.27 bits per heavy atom. The lowest BCUT2D eigenvalue weighted by molar-refractivity contribution is -0.137. The summed E-state index contributed by atoms with van der Waals surface area (Å²) in [6.45, 7) is 5.25. The number of alkyl halides is 3. The van der Waals surface area contributed by atoms with Crippen molar-refractivity contribution in [2.24, 2.45) is 4.99 Å². The van der Waals surface area contributed by atoms with Crippen LogP contribution in [0.2, 0.25) is 10.0 Å². The van der Waals surface area contributed by atoms with Crippen molar-refractivity contribution in [3.63, 3.8) is 0 Å². The van der Waals surface area contributed by atoms with Crippen LogP contribution >= 0.6 is 23.2 Å². The Kier molecular flexibility index (Phi) is 6.16. The van der Waals surface area contributed by atoms with E-state index in [2.05, 4.69) is 10.1 Å². The molecule has 26 heavy (non-hydrogen) atoms. The molecule has 0 atom stereocenters. The van der Waals surface area contributed by atoms with Crippen LogP contribution in [0.15, 0.2) is 23.3 Å². The number of nitriles is 1. The summed E-state index contributed by atoms with van der Waals surface area (Å²) in [5, 5.41) is 12.7. The van der Waals surface area contributed by atoms with E-state index in [9.17, 15) is 18.4 Å². The lowest BCUT2D eigenvalue weighted by atomic mass is 10.2. The molecule has 0 saturated heterocycles. The molecule has 0 aliphatic heterocycles. The molecule has 0 unspecified atom stereocenters. The second kappa shape index (κ2) is 7.98. The summed E-state index contributed by atoms with van der Waals surface area (Å²) >= 11 is 12.1. The van der Waals surface area contributed by atoms with Crippen LogP contribution < -0.4 is 0 Å². The van der Waals surface area contributed by atoms with Crippen molar-refractivity contribution in [3.05, 3.63) is 39.5 Å². The van der Waals surface area contributed by atoms with Crippen LogP contribution in [0.4, 0.5) is 19.0 Å². The predicted molar refractivity (Wildman–Crippen MR) is 94.4 cm³/mol. The number of rotatable bonds is 5. The number of hydrogen-bond donors (Lipinski definition) is 0. The minimum absolute atomic E-state index is 0.0227. The number of aromatic nitrogens is 2. The van der Waals surface area contributed by atoms with Crippen molar-refractivity contribution >= 4 is 35.4 Å². The van der Waals surface area contributed by atoms with Gasteiger partial charge in [-0.05, 0) is 26.0 Å². The summed E-state index contributed by atoms with van der Waals surface area (Å²) in [6.07, 6.45) is -1.81. The third kappa shape index (κ3) is 4.11. The highest BCUT2D eigenvalue weighted by Crippen LogP contribution is 2.39. The molecule has 1 heterocycles. The van der Waals surface area contributed by atoms with Gasteiger partial charge in [-0.25, -0.2) is 9.67 Å². The van der Waals surface area contributed by atoms with E-state index in [0.717, 1.165) is 16.8 Å². The second-order valence-corrected chi connectivity index (χ2v) is 5.97. The lowest BCUT2D eigenvalue weighted by Gasteiger charge is -2.15. The number of aliphatic imine (C=N–C) groups is 1. The standard InChI is InChI=1S/C16H14Cl2F3N5/c1-3-25(4-2)9-23-15-10(7-22)8-24-26(15)14-12(17)5-11(6-13(14)18)16(19,20)21/h5-6,8-9H,3-4H2,1-2H3. The monoisotopic (exact) mass is 403 g/mol. The third-order valence-electron chi connectivity index (χ3n) is 3.58. The minimum Gasteiger partial charge on any atom is -0.363 e. The van der Waals surface area contributed by atoms with E-state index in [1.54, 1.807) is 0 Å². The van der Waals surface area contributed by atoms with Gasteiger partial charge < -0.3 is 4.90 Å². The lowest BCUT2D eigenvalue weighted by Crippen LogP contribution is -2.20. The van der Waals surface area contributed by atoms with E-state index < -0.39 is 11.7 Å². The Bertz CT molecular complexity index is 841. The van der Waals surface area contributed by atoms with Gasteiger partial charge in [0.1, 0.15) is 17.3 Å². The van der Waals surface area contributed by atoms with Crippen molar-refractivity contribution in [1.82, 2.24) is 14.7 Å². The van der Waals surface area contributed by atoms with Gasteiger partial charge in [0.05, 0.1) is 28.1 Å². The summed E-state index contributed by atoms with van der Waals surface area (Å²) in [6, 6.07) is 3.45. The van der Waals surface area contributed by atoms with E-state index in [4.69, 9.17) is 23.2 Å². The molecule has 138 valence electrons. The average molecular weight is 404 g/mol. The first-order valence-electron chi connectivity index (χ1n) is 7.55. The molecule has 1 aromatic carbocycles. The van der Waals surface area contributed by atoms with Gasteiger partial charge in [-0.2, -0.15) is 23.5 Å². The zero-order valence-corrected chi connectivity index (χ0v) is 15.4. The Hall–Kier alpha value is -2.24. The molecule has 0 aliphatic rings. The van der Waals surface area contributed by atoms with Gasteiger partial charge in [-0.1, -0.05) is 23.2 Å². The normalized spacial score (nSPS) is 11.8. The van der Waals surface area contributed by atoms with Crippen LogP contribution in [0.1, 0.15) is 25.0 Å². The molecule has 0 aliphatic carbocycles. The molecule has 2 rings (SSSR count). The van der Waals surface area contributed by atoms with Gasteiger partial charge in [0.25, 0.3) is 0 Å². The highest BCUT2D eigenvalue weighted by atomic mass is 35.5. The quantitative estimate of drug-likeness (QED) is 0.517. The molecule has 0 spiro atoms. The van der Waals surface area contributed by atoms with Gasteiger partial charge in [0.15, 0.2) is 5.82 Å². The first kappa shape index (κ1) is 20.1. The van der Waals surface area contributed by atoms with E-state index >= 15 is 0 Å². The van der Waals surface area contributed by atoms with Crippen molar-refractivity contribution in [1.29, 1.82) is 5.26 Å². The molecule has 0 bridgehead atoms. The SMILES string of the molecule is CCN(C=Nc1c(C#N)cnn1-c1c(Cl)cc(C(F)(F)F)cc1Cl)CC. The molecular weight excluding hydrogens is 390 g/mol. The number of benzene rings is 1. The summed E-state index contributed by atoms with van der Waals surface area (Å²) < 4.78 is 39.8. The fourth-order valence-electron chi connectivity index (χ4n) is 2.16. The molecule has 0 amide bonds. The summed E-state index contributed by atoms with van der Waals surface area (Å²) in [7, 11) is 0. The highest BCUT2D eigenvalue weighted by Gasteiger charge is 2.32. The van der Waals surface area contributed by atoms with E-state index in [0.29, 0.717) is 13.1 Å². The van der Waals surface area contributed by atoms with Crippen molar-refractivity contribution < 1.29 is 13.2 Å². The Morgan fingerprint density at radius 3 is 2.31 bits per heavy atom. The van der Waals surface area contributed by atoms with Crippen LogP contribution in [0.3, 0.4) is 0 Å². The maximum Gasteiger partial charge on any atom is 0.416 e. The van der Waals surface area contributed by atoms with E-state index in [1.807, 2.05) is 24.8 Å². The van der Waals surface area contributed by atoms with Crippen molar-refractivity contribution in [3.8, 4) is 11.8 Å². The smallest absolute Gasteiger partial charge is 0.363 e. The topological polar surface area (TPSA) is 57.2 Å². The summed E-state index contributed by atoms with van der Waals surface area (Å²) in [5.41, 5.74) is -0.813. The average Bonchev–Trinajstić information content (AvgIpc) is 2.97. The van der Waals surface area contributed by atoms with Crippen LogP contribution in [0.25, 0.3) is 5.69 Å². The largest absolute Gasteiger partial charge is 0.416 e. The first-order chi connectivity index (χ1) is 12.2. The van der Waals surface area contributed by atoms with Crippen LogP contribution in [0, 0.1) is 11.3 Å². The molecule has 10 heteroatoms. The Labute approximate surface area is 158 Å². The molecule has 2 aromatic rings. The molecular formula is C16H14Cl2F3N5. The van der Waals surface area contributed by atoms with Crippen LogP contribution in [0.5, 0.6) is 0 Å². The zero-order valence-electron chi connectivity index (χ0n) is 13.8. The van der Waals surface area contributed by atoms with Crippen LogP contribution in [-0.2, 0) is 6.18 Å². The Balaban J connectivity index is 2.60. The fraction of sp³-hybridized carbons (Fsp3) is 0.312. The van der Waals surface area contributed by atoms with Gasteiger partial charge in [0.2, 0.25) is 0 Å². The maximum atomic E-state index is 12.9. The van der Waals surface area contributed by atoms with Gasteiger partial charge >= 0.3 is 6.18 Å². The first-order valence-corrected chi connectivity index (χ1v) is 8.31. The van der Waals surface area contributed by atoms with Crippen LogP contribution in [-0.4, -0.2) is 34.1 Å². The molecule has 0 N–H and O–H groups in total. The Morgan fingerprint density at radius 2 is 1.85 bits per heavy atom. The molecule has 0 fully saturated rings. The number of halogens is 5. The minimum atomic E-state index is -4.59. The predicted octanol–water partition coefficient (Wildman–Crippen LogP) is 5.07. The molecule has 0 radical (unpaired) electrons. The van der Waals surface area contributed by atoms with Crippen molar-refractivity contribution in [2.45, 2.75) is 20.0 Å². The zero-order chi connectivity index (χ0) is 19.5. The number of hydrogen-bond acceptors (Lipinski definition) is 3. The van der Waals surface area contributed by atoms with Gasteiger partial charge in [-0.15, -0.1) is 0 Å². The molecule has 0 saturated carbocycles. The highest BCUT2D eigenvalue weighted by molar-refractivity contribution is 6.38. The van der Waals surface area contributed by atoms with E-state index in [-0.39, 0.29) is 27.1 Å². The summed E-state index contributed by atoms with van der Waals surface area (Å²) in [5.74, 6) is 0.128. The molecule has 1 aromatic heterocycles. The number of nitrogens with zero attached hydrogens (tertiary/aromatic N) is 5. The fourth-order valence-corrected chi connectivity index (χ4v) is 2.81. The van der Waals surface area contributed by atoms with Gasteiger partial charge in [-0.3, -0.25) is 0 Å². The van der Waals surface area contributed by atoms with E-state index in [1.165, 1.54) is 12.5 Å².